The molecule has 10 heavy (non-hydrogen) atoms. The third kappa shape index (κ3) is 0.744. The van der Waals surface area contributed by atoms with E-state index in [1.165, 1.54) is 6.42 Å². The maximum Gasteiger partial charge on any atom is -0.0168 e. The summed E-state index contributed by atoms with van der Waals surface area (Å²) in [6.45, 7) is 6.99. The Hall–Kier alpha value is -0.260. The van der Waals surface area contributed by atoms with Crippen molar-refractivity contribution in [2.75, 3.05) is 0 Å². The molecule has 0 spiro atoms. The molecule has 2 aliphatic carbocycles. The van der Waals surface area contributed by atoms with Crippen molar-refractivity contribution in [2.24, 2.45) is 23.7 Å². The Balaban J connectivity index is 2.05. The van der Waals surface area contributed by atoms with Crippen LogP contribution in [-0.4, -0.2) is 0 Å². The fourth-order valence-electron chi connectivity index (χ4n) is 2.19. The minimum atomic E-state index is 0.806. The van der Waals surface area contributed by atoms with Crippen LogP contribution >= 0.6 is 0 Å². The molecule has 0 aliphatic heterocycles. The number of rotatable bonds is 1. The summed E-state index contributed by atoms with van der Waals surface area (Å²) in [5.41, 5.74) is 1.72. The molecule has 0 heterocycles. The van der Waals surface area contributed by atoms with E-state index < -0.39 is 0 Å². The van der Waals surface area contributed by atoms with Gasteiger partial charge in [0.15, 0.2) is 0 Å². The van der Waals surface area contributed by atoms with Crippen molar-refractivity contribution >= 4 is 0 Å². The fourth-order valence-corrected chi connectivity index (χ4v) is 2.19. The van der Waals surface area contributed by atoms with E-state index in [9.17, 15) is 0 Å². The molecule has 1 saturated carbocycles. The Morgan fingerprint density at radius 2 is 2.20 bits per heavy atom. The topological polar surface area (TPSA) is 0 Å². The van der Waals surface area contributed by atoms with Crippen molar-refractivity contribution < 1.29 is 0 Å². The third-order valence-electron chi connectivity index (χ3n) is 3.26. The maximum absolute atomic E-state index is 2.53. The van der Waals surface area contributed by atoms with Crippen molar-refractivity contribution in [3.8, 4) is 0 Å². The quantitative estimate of drug-likeness (QED) is 0.486. The second kappa shape index (κ2) is 1.87. The normalized spacial score (nSPS) is 43.6. The van der Waals surface area contributed by atoms with Crippen LogP contribution in [-0.2, 0) is 0 Å². The number of hydrogen-bond acceptors (Lipinski definition) is 0. The van der Waals surface area contributed by atoms with Crippen LogP contribution in [0.3, 0.4) is 0 Å². The summed E-state index contributed by atoms with van der Waals surface area (Å²) in [4.78, 5) is 0. The van der Waals surface area contributed by atoms with E-state index in [1.807, 2.05) is 0 Å². The van der Waals surface area contributed by atoms with Crippen LogP contribution in [0.15, 0.2) is 11.6 Å². The monoisotopic (exact) mass is 136 g/mol. The molecule has 2 rings (SSSR count). The summed E-state index contributed by atoms with van der Waals surface area (Å²) < 4.78 is 0. The molecule has 0 nitrogen and oxygen atoms in total. The molecular weight excluding hydrogens is 120 g/mol. The Morgan fingerprint density at radius 1 is 1.50 bits per heavy atom. The van der Waals surface area contributed by atoms with Crippen LogP contribution in [0.2, 0.25) is 0 Å². The van der Waals surface area contributed by atoms with Gasteiger partial charge >= 0.3 is 0 Å². The molecule has 0 amide bonds. The molecule has 0 saturated heterocycles. The van der Waals surface area contributed by atoms with Gasteiger partial charge in [-0.05, 0) is 30.1 Å². The summed E-state index contributed by atoms with van der Waals surface area (Å²) in [5, 5.41) is 0. The van der Waals surface area contributed by atoms with Crippen LogP contribution < -0.4 is 0 Å². The van der Waals surface area contributed by atoms with Crippen molar-refractivity contribution in [3.63, 3.8) is 0 Å². The van der Waals surface area contributed by atoms with Gasteiger partial charge in [-0.2, -0.15) is 0 Å². The van der Waals surface area contributed by atoms with Gasteiger partial charge in [-0.25, -0.2) is 0 Å². The largest absolute Gasteiger partial charge is 0.0814 e. The smallest absolute Gasteiger partial charge is 0.0168 e. The molecule has 3 atom stereocenters. The van der Waals surface area contributed by atoms with Gasteiger partial charge in [0.25, 0.3) is 0 Å². The zero-order valence-electron chi connectivity index (χ0n) is 7.09. The average Bonchev–Trinajstić information content (AvgIpc) is 2.38. The lowest BCUT2D eigenvalue weighted by Crippen LogP contribution is -1.93. The number of hydrogen-bond donors (Lipinski definition) is 0. The maximum atomic E-state index is 2.53. The van der Waals surface area contributed by atoms with E-state index in [0.717, 1.165) is 23.7 Å². The summed E-state index contributed by atoms with van der Waals surface area (Å²) in [6.07, 6.45) is 3.93. The highest BCUT2D eigenvalue weighted by molar-refractivity contribution is 5.24. The van der Waals surface area contributed by atoms with Gasteiger partial charge in [-0.15, -0.1) is 0 Å². The number of fused-ring (bicyclic) bond motifs is 1. The molecular formula is C10H16. The molecule has 0 unspecified atom stereocenters. The van der Waals surface area contributed by atoms with Crippen molar-refractivity contribution in [1.29, 1.82) is 0 Å². The Labute approximate surface area is 63.3 Å². The lowest BCUT2D eigenvalue weighted by molar-refractivity contribution is 0.658. The summed E-state index contributed by atoms with van der Waals surface area (Å²) >= 11 is 0. The SMILES string of the molecule is CC(C)C1=C[C@H]2[C@@H](C)[C@H]2C1. The van der Waals surface area contributed by atoms with Crippen LogP contribution in [0, 0.1) is 23.7 Å². The minimum Gasteiger partial charge on any atom is -0.0814 e. The van der Waals surface area contributed by atoms with E-state index in [-0.39, 0.29) is 0 Å². The van der Waals surface area contributed by atoms with E-state index in [0.29, 0.717) is 0 Å². The third-order valence-corrected chi connectivity index (χ3v) is 3.26. The Kier molecular flexibility index (Phi) is 1.21. The Morgan fingerprint density at radius 3 is 2.60 bits per heavy atom. The second-order valence-corrected chi connectivity index (χ2v) is 4.20. The fraction of sp³-hybridized carbons (Fsp3) is 0.800. The summed E-state index contributed by atoms with van der Waals surface area (Å²) in [6, 6.07) is 0. The van der Waals surface area contributed by atoms with E-state index in [1.54, 1.807) is 5.57 Å². The lowest BCUT2D eigenvalue weighted by atomic mass is 9.99. The molecule has 0 aromatic rings. The summed E-state index contributed by atoms with van der Waals surface area (Å²) in [7, 11) is 0. The second-order valence-electron chi connectivity index (χ2n) is 4.20. The number of allylic oxidation sites excluding steroid dienone is 2. The van der Waals surface area contributed by atoms with Gasteiger partial charge in [-0.3, -0.25) is 0 Å². The molecule has 0 aromatic heterocycles. The molecule has 0 bridgehead atoms. The average molecular weight is 136 g/mol. The van der Waals surface area contributed by atoms with Gasteiger partial charge in [0.2, 0.25) is 0 Å². The first kappa shape index (κ1) is 6.45. The van der Waals surface area contributed by atoms with Crippen LogP contribution in [0.5, 0.6) is 0 Å². The van der Waals surface area contributed by atoms with Crippen LogP contribution in [0.1, 0.15) is 27.2 Å². The van der Waals surface area contributed by atoms with Gasteiger partial charge in [0, 0.05) is 0 Å². The van der Waals surface area contributed by atoms with E-state index in [4.69, 9.17) is 0 Å². The predicted molar refractivity (Wildman–Crippen MR) is 43.7 cm³/mol. The lowest BCUT2D eigenvalue weighted by Gasteiger charge is -2.07. The first-order chi connectivity index (χ1) is 4.70. The van der Waals surface area contributed by atoms with E-state index >= 15 is 0 Å². The highest BCUT2D eigenvalue weighted by atomic mass is 14.5. The molecule has 56 valence electrons. The molecule has 0 radical (unpaired) electrons. The van der Waals surface area contributed by atoms with Crippen molar-refractivity contribution in [2.45, 2.75) is 27.2 Å². The highest BCUT2D eigenvalue weighted by Crippen LogP contribution is 2.56. The molecule has 0 heteroatoms. The molecule has 1 fully saturated rings. The molecule has 0 N–H and O–H groups in total. The standard InChI is InChI=1S/C10H16/c1-6(2)8-4-9-7(3)10(9)5-8/h4,6-7,9-10H,5H2,1-3H3/t7-,9+,10-/m1/s1. The van der Waals surface area contributed by atoms with Crippen LogP contribution in [0.25, 0.3) is 0 Å². The first-order valence-corrected chi connectivity index (χ1v) is 4.40. The minimum absolute atomic E-state index is 0.806. The zero-order valence-corrected chi connectivity index (χ0v) is 7.09. The van der Waals surface area contributed by atoms with Gasteiger partial charge in [0.05, 0.1) is 0 Å². The van der Waals surface area contributed by atoms with E-state index in [2.05, 4.69) is 26.8 Å². The zero-order chi connectivity index (χ0) is 7.30. The van der Waals surface area contributed by atoms with Crippen molar-refractivity contribution in [3.05, 3.63) is 11.6 Å². The van der Waals surface area contributed by atoms with Gasteiger partial charge in [0.1, 0.15) is 0 Å². The molecule has 2 aliphatic rings. The Bertz CT molecular complexity index is 176. The summed E-state index contributed by atoms with van der Waals surface area (Å²) in [5.74, 6) is 3.86. The van der Waals surface area contributed by atoms with Gasteiger partial charge < -0.3 is 0 Å². The van der Waals surface area contributed by atoms with Crippen molar-refractivity contribution in [1.82, 2.24) is 0 Å². The van der Waals surface area contributed by atoms with Crippen LogP contribution in [0.4, 0.5) is 0 Å². The van der Waals surface area contributed by atoms with Gasteiger partial charge in [-0.1, -0.05) is 32.4 Å². The predicted octanol–water partition coefficient (Wildman–Crippen LogP) is 2.85. The molecule has 0 aromatic carbocycles. The first-order valence-electron chi connectivity index (χ1n) is 4.40. The highest BCUT2D eigenvalue weighted by Gasteiger charge is 2.48.